The number of sulfonamides is 1. The van der Waals surface area contributed by atoms with E-state index in [-0.39, 0.29) is 5.03 Å². The molecule has 1 aliphatic heterocycles. The van der Waals surface area contributed by atoms with E-state index in [1.807, 2.05) is 12.1 Å². The van der Waals surface area contributed by atoms with Gasteiger partial charge in [-0.2, -0.15) is 13.7 Å². The average Bonchev–Trinajstić information content (AvgIpc) is 2.91. The number of hydrogen-bond acceptors (Lipinski definition) is 4. The molecule has 3 rings (SSSR count). The van der Waals surface area contributed by atoms with Crippen LogP contribution in [0.2, 0.25) is 0 Å². The average molecular weight is 285 g/mol. The molecule has 0 saturated carbocycles. The minimum atomic E-state index is -3.66. The van der Waals surface area contributed by atoms with Crippen LogP contribution in [0.15, 0.2) is 47.6 Å². The number of anilines is 1. The SMILES string of the molecule is N#Cc1ccc2c(c1)N(S(=O)(=O)c1ccccn1)CC2. The normalized spacial score (nSPS) is 13.8. The van der Waals surface area contributed by atoms with Gasteiger partial charge in [0.25, 0.3) is 10.0 Å². The van der Waals surface area contributed by atoms with Crippen molar-refractivity contribution in [2.45, 2.75) is 11.4 Å². The lowest BCUT2D eigenvalue weighted by Crippen LogP contribution is -2.29. The topological polar surface area (TPSA) is 74.1 Å². The van der Waals surface area contributed by atoms with Gasteiger partial charge < -0.3 is 0 Å². The predicted octanol–water partition coefficient (Wildman–Crippen LogP) is 1.70. The van der Waals surface area contributed by atoms with E-state index < -0.39 is 10.0 Å². The Kier molecular flexibility index (Phi) is 2.92. The van der Waals surface area contributed by atoms with E-state index >= 15 is 0 Å². The number of hydrogen-bond donors (Lipinski definition) is 0. The highest BCUT2D eigenvalue weighted by Gasteiger charge is 2.31. The molecule has 1 aliphatic rings. The zero-order valence-corrected chi connectivity index (χ0v) is 11.3. The number of pyridine rings is 1. The number of benzene rings is 1. The van der Waals surface area contributed by atoms with Crippen molar-refractivity contribution >= 4 is 15.7 Å². The standard InChI is InChI=1S/C14H11N3O2S/c15-10-11-4-5-12-6-8-17(13(12)9-11)20(18,19)14-3-1-2-7-16-14/h1-5,7,9H,6,8H2. The smallest absolute Gasteiger partial charge is 0.264 e. The van der Waals surface area contributed by atoms with Crippen LogP contribution in [0.1, 0.15) is 11.1 Å². The van der Waals surface area contributed by atoms with Gasteiger partial charge in [-0.3, -0.25) is 4.31 Å². The lowest BCUT2D eigenvalue weighted by molar-refractivity contribution is 0.588. The second kappa shape index (κ2) is 4.62. The summed E-state index contributed by atoms with van der Waals surface area (Å²) in [7, 11) is -3.66. The van der Waals surface area contributed by atoms with Gasteiger partial charge in [-0.05, 0) is 36.2 Å². The van der Waals surface area contributed by atoms with Gasteiger partial charge in [0.2, 0.25) is 0 Å². The Morgan fingerprint density at radius 1 is 1.25 bits per heavy atom. The zero-order chi connectivity index (χ0) is 14.2. The van der Waals surface area contributed by atoms with Gasteiger partial charge in [0.05, 0.1) is 17.3 Å². The van der Waals surface area contributed by atoms with Crippen molar-refractivity contribution < 1.29 is 8.42 Å². The maximum Gasteiger partial charge on any atom is 0.281 e. The summed E-state index contributed by atoms with van der Waals surface area (Å²) >= 11 is 0. The molecule has 0 unspecified atom stereocenters. The van der Waals surface area contributed by atoms with Crippen molar-refractivity contribution in [3.05, 3.63) is 53.7 Å². The van der Waals surface area contributed by atoms with Crippen LogP contribution in [-0.4, -0.2) is 19.9 Å². The first-order valence-corrected chi connectivity index (χ1v) is 7.54. The highest BCUT2D eigenvalue weighted by Crippen LogP contribution is 2.33. The fraction of sp³-hybridized carbons (Fsp3) is 0.143. The van der Waals surface area contributed by atoms with Gasteiger partial charge in [-0.25, -0.2) is 4.98 Å². The van der Waals surface area contributed by atoms with Crippen LogP contribution in [0.25, 0.3) is 0 Å². The Hall–Kier alpha value is -2.39. The fourth-order valence-corrected chi connectivity index (χ4v) is 3.71. The van der Waals surface area contributed by atoms with Crippen LogP contribution in [0.5, 0.6) is 0 Å². The van der Waals surface area contributed by atoms with Crippen LogP contribution >= 0.6 is 0 Å². The molecule has 0 bridgehead atoms. The minimum absolute atomic E-state index is 0.0233. The summed E-state index contributed by atoms with van der Waals surface area (Å²) in [4.78, 5) is 3.92. The molecule has 0 amide bonds. The molecule has 2 heterocycles. The summed E-state index contributed by atoms with van der Waals surface area (Å²) in [6, 6.07) is 11.9. The molecule has 0 aliphatic carbocycles. The number of fused-ring (bicyclic) bond motifs is 1. The maximum atomic E-state index is 12.6. The summed E-state index contributed by atoms with van der Waals surface area (Å²) in [6.45, 7) is 0.378. The molecule has 0 saturated heterocycles. The molecular formula is C14H11N3O2S. The van der Waals surface area contributed by atoms with E-state index in [1.54, 1.807) is 24.3 Å². The molecule has 2 aromatic rings. The summed E-state index contributed by atoms with van der Waals surface area (Å²) in [5.74, 6) is 0. The first kappa shape index (κ1) is 12.6. The summed E-state index contributed by atoms with van der Waals surface area (Å²) in [5.41, 5.74) is 1.96. The zero-order valence-electron chi connectivity index (χ0n) is 10.5. The molecule has 0 atom stereocenters. The molecular weight excluding hydrogens is 274 g/mol. The van der Waals surface area contributed by atoms with Crippen LogP contribution < -0.4 is 4.31 Å². The van der Waals surface area contributed by atoms with E-state index in [0.29, 0.717) is 24.2 Å². The third-order valence-corrected chi connectivity index (χ3v) is 4.99. The summed E-state index contributed by atoms with van der Waals surface area (Å²) in [5, 5.41) is 8.97. The largest absolute Gasteiger partial charge is 0.281 e. The molecule has 1 aromatic heterocycles. The van der Waals surface area contributed by atoms with Gasteiger partial charge in [-0.1, -0.05) is 12.1 Å². The Bertz CT molecular complexity index is 795. The highest BCUT2D eigenvalue weighted by molar-refractivity contribution is 7.92. The predicted molar refractivity (Wildman–Crippen MR) is 73.6 cm³/mol. The molecule has 0 N–H and O–H groups in total. The van der Waals surface area contributed by atoms with Crippen molar-refractivity contribution in [1.82, 2.24) is 4.98 Å². The number of nitrogens with zero attached hydrogens (tertiary/aromatic N) is 3. The van der Waals surface area contributed by atoms with E-state index in [1.165, 1.54) is 16.6 Å². The maximum absolute atomic E-state index is 12.6. The van der Waals surface area contributed by atoms with Crippen LogP contribution in [0.4, 0.5) is 5.69 Å². The molecule has 0 radical (unpaired) electrons. The van der Waals surface area contributed by atoms with E-state index in [2.05, 4.69) is 4.98 Å². The van der Waals surface area contributed by atoms with Gasteiger partial charge >= 0.3 is 0 Å². The first-order chi connectivity index (χ1) is 9.63. The Labute approximate surface area is 117 Å². The van der Waals surface area contributed by atoms with Gasteiger partial charge in [-0.15, -0.1) is 0 Å². The monoisotopic (exact) mass is 285 g/mol. The Morgan fingerprint density at radius 2 is 2.10 bits per heavy atom. The van der Waals surface area contributed by atoms with Crippen LogP contribution in [0.3, 0.4) is 0 Å². The van der Waals surface area contributed by atoms with Crippen molar-refractivity contribution in [2.24, 2.45) is 0 Å². The highest BCUT2D eigenvalue weighted by atomic mass is 32.2. The van der Waals surface area contributed by atoms with Gasteiger partial charge in [0.1, 0.15) is 0 Å². The molecule has 0 fully saturated rings. The Morgan fingerprint density at radius 3 is 2.80 bits per heavy atom. The van der Waals surface area contributed by atoms with E-state index in [0.717, 1.165) is 5.56 Å². The molecule has 6 heteroatoms. The summed E-state index contributed by atoms with van der Waals surface area (Å²) in [6.07, 6.45) is 2.10. The molecule has 100 valence electrons. The number of rotatable bonds is 2. The van der Waals surface area contributed by atoms with Crippen molar-refractivity contribution in [3.63, 3.8) is 0 Å². The number of aromatic nitrogens is 1. The lowest BCUT2D eigenvalue weighted by atomic mass is 10.1. The van der Waals surface area contributed by atoms with Crippen LogP contribution in [0, 0.1) is 11.3 Å². The lowest BCUT2D eigenvalue weighted by Gasteiger charge is -2.18. The third-order valence-electron chi connectivity index (χ3n) is 3.26. The third kappa shape index (κ3) is 1.92. The number of nitriles is 1. The minimum Gasteiger partial charge on any atom is -0.264 e. The van der Waals surface area contributed by atoms with Crippen molar-refractivity contribution in [1.29, 1.82) is 5.26 Å². The van der Waals surface area contributed by atoms with E-state index in [9.17, 15) is 8.42 Å². The van der Waals surface area contributed by atoms with E-state index in [4.69, 9.17) is 5.26 Å². The van der Waals surface area contributed by atoms with Gasteiger partial charge in [0, 0.05) is 12.7 Å². The second-order valence-electron chi connectivity index (χ2n) is 4.45. The van der Waals surface area contributed by atoms with Crippen LogP contribution in [-0.2, 0) is 16.4 Å². The molecule has 0 spiro atoms. The second-order valence-corrected chi connectivity index (χ2v) is 6.26. The van der Waals surface area contributed by atoms with Gasteiger partial charge in [0.15, 0.2) is 5.03 Å². The molecule has 20 heavy (non-hydrogen) atoms. The Balaban J connectivity index is 2.10. The quantitative estimate of drug-likeness (QED) is 0.841. The van der Waals surface area contributed by atoms with Crippen molar-refractivity contribution in [2.75, 3.05) is 10.8 Å². The fourth-order valence-electron chi connectivity index (χ4n) is 2.28. The molecule has 5 nitrogen and oxygen atoms in total. The first-order valence-electron chi connectivity index (χ1n) is 6.10. The molecule has 1 aromatic carbocycles. The van der Waals surface area contributed by atoms with Crippen molar-refractivity contribution in [3.8, 4) is 6.07 Å². The summed E-state index contributed by atoms with van der Waals surface area (Å²) < 4.78 is 26.5.